The van der Waals surface area contributed by atoms with E-state index in [1.165, 1.54) is 0 Å². The number of rotatable bonds is 5. The quantitative estimate of drug-likeness (QED) is 0.516. The third-order valence-electron chi connectivity index (χ3n) is 5.85. The number of anilines is 1. The number of nitrogens with zero attached hydrogens (tertiary/aromatic N) is 4. The topological polar surface area (TPSA) is 31.8 Å². The van der Waals surface area contributed by atoms with Crippen molar-refractivity contribution in [2.24, 2.45) is 0 Å². The summed E-state index contributed by atoms with van der Waals surface area (Å²) in [6, 6.07) is 1.09. The monoisotopic (exact) mass is 442 g/mol. The van der Waals surface area contributed by atoms with Gasteiger partial charge in [0.25, 0.3) is 0 Å². The molecule has 3 rings (SSSR count). The molecule has 2 aliphatic heterocycles. The van der Waals surface area contributed by atoms with Gasteiger partial charge in [-0.15, -0.1) is 0 Å². The molecule has 0 N–H and O–H groups in total. The van der Waals surface area contributed by atoms with Crippen LogP contribution < -0.4 is 4.90 Å². The van der Waals surface area contributed by atoms with Gasteiger partial charge in [0, 0.05) is 51.5 Å². The summed E-state index contributed by atoms with van der Waals surface area (Å²) in [4.78, 5) is 10.2. The zero-order valence-corrected chi connectivity index (χ0v) is 18.1. The fourth-order valence-electron chi connectivity index (χ4n) is 3.87. The largest absolute Gasteiger partial charge is 0.417 e. The molecular formula is C22H30F4N4O. The zero-order valence-electron chi connectivity index (χ0n) is 18.1. The minimum absolute atomic E-state index is 0.0117. The molecule has 1 aromatic rings. The molecule has 0 aromatic carbocycles. The van der Waals surface area contributed by atoms with Crippen LogP contribution in [0.25, 0.3) is 0 Å². The number of hydrogen-bond acceptors (Lipinski definition) is 5. The lowest BCUT2D eigenvalue weighted by Gasteiger charge is -2.36. The number of aromatic nitrogens is 1. The molecule has 9 heteroatoms. The molecule has 1 aromatic heterocycles. The Hall–Kier alpha value is -1.89. The van der Waals surface area contributed by atoms with Gasteiger partial charge in [0.2, 0.25) is 0 Å². The second-order valence-corrected chi connectivity index (χ2v) is 8.28. The van der Waals surface area contributed by atoms with Gasteiger partial charge in [-0.25, -0.2) is 9.37 Å². The lowest BCUT2D eigenvalue weighted by atomic mass is 10.1. The van der Waals surface area contributed by atoms with Gasteiger partial charge in [0.15, 0.2) is 11.6 Å². The highest BCUT2D eigenvalue weighted by atomic mass is 19.4. The summed E-state index contributed by atoms with van der Waals surface area (Å²) in [5.41, 5.74) is -1.08. The molecule has 0 radical (unpaired) electrons. The van der Waals surface area contributed by atoms with E-state index in [1.54, 1.807) is 4.90 Å². The highest BCUT2D eigenvalue weighted by Gasteiger charge is 2.33. The summed E-state index contributed by atoms with van der Waals surface area (Å²) in [5, 5.41) is 0. The highest BCUT2D eigenvalue weighted by Crippen LogP contribution is 2.31. The van der Waals surface area contributed by atoms with Crippen LogP contribution in [-0.2, 0) is 10.9 Å². The molecule has 0 saturated carbocycles. The molecule has 2 saturated heterocycles. The van der Waals surface area contributed by atoms with Crippen molar-refractivity contribution in [3.05, 3.63) is 23.6 Å². The van der Waals surface area contributed by atoms with E-state index >= 15 is 0 Å². The van der Waals surface area contributed by atoms with Gasteiger partial charge in [-0.3, -0.25) is 9.80 Å². The van der Waals surface area contributed by atoms with Crippen LogP contribution in [0.2, 0.25) is 0 Å². The normalized spacial score (nSPS) is 19.5. The summed E-state index contributed by atoms with van der Waals surface area (Å²) in [6.07, 6.45) is -2.60. The standard InChI is InChI=1S/C22H30F4N4O/c1-17(2)29-12-10-28(11-13-29)7-3-4-14-31-19-5-8-30(9-6-19)21-20(23)15-18(16-27-21)22(24,25)26/h15-17,19H,5-14H2,1-2H3. The highest BCUT2D eigenvalue weighted by molar-refractivity contribution is 5.42. The van der Waals surface area contributed by atoms with Crippen molar-refractivity contribution in [1.29, 1.82) is 0 Å². The number of piperazine rings is 1. The molecule has 31 heavy (non-hydrogen) atoms. The smallest absolute Gasteiger partial charge is 0.365 e. The van der Waals surface area contributed by atoms with Crippen LogP contribution in [0.1, 0.15) is 32.3 Å². The van der Waals surface area contributed by atoms with E-state index in [-0.39, 0.29) is 11.9 Å². The molecule has 2 fully saturated rings. The van der Waals surface area contributed by atoms with E-state index in [2.05, 4.69) is 40.5 Å². The van der Waals surface area contributed by atoms with Crippen molar-refractivity contribution in [2.45, 2.75) is 45.0 Å². The average molecular weight is 443 g/mol. The first-order valence-corrected chi connectivity index (χ1v) is 10.8. The van der Waals surface area contributed by atoms with Gasteiger partial charge in [-0.1, -0.05) is 11.8 Å². The van der Waals surface area contributed by atoms with E-state index in [9.17, 15) is 17.6 Å². The maximum Gasteiger partial charge on any atom is 0.417 e. The summed E-state index contributed by atoms with van der Waals surface area (Å²) < 4.78 is 57.9. The summed E-state index contributed by atoms with van der Waals surface area (Å²) in [7, 11) is 0. The number of piperidine rings is 1. The maximum absolute atomic E-state index is 14.1. The number of alkyl halides is 3. The van der Waals surface area contributed by atoms with Crippen molar-refractivity contribution in [1.82, 2.24) is 14.8 Å². The lowest BCUT2D eigenvalue weighted by Crippen LogP contribution is -2.48. The van der Waals surface area contributed by atoms with Crippen molar-refractivity contribution in [3.8, 4) is 11.8 Å². The Balaban J connectivity index is 1.36. The van der Waals surface area contributed by atoms with Crippen molar-refractivity contribution in [3.63, 3.8) is 0 Å². The molecule has 0 aliphatic carbocycles. The number of ether oxygens (including phenoxy) is 1. The molecule has 0 unspecified atom stereocenters. The van der Waals surface area contributed by atoms with E-state index in [1.807, 2.05) is 0 Å². The Labute approximate surface area is 181 Å². The van der Waals surface area contributed by atoms with Gasteiger partial charge in [0.05, 0.1) is 18.2 Å². The number of halogens is 4. The van der Waals surface area contributed by atoms with E-state index in [0.29, 0.717) is 50.8 Å². The molecule has 0 bridgehead atoms. The lowest BCUT2D eigenvalue weighted by molar-refractivity contribution is -0.138. The van der Waals surface area contributed by atoms with Gasteiger partial charge in [0.1, 0.15) is 6.61 Å². The Morgan fingerprint density at radius 2 is 1.77 bits per heavy atom. The van der Waals surface area contributed by atoms with Crippen LogP contribution in [0, 0.1) is 17.7 Å². The van der Waals surface area contributed by atoms with Crippen LogP contribution in [-0.4, -0.2) is 79.3 Å². The van der Waals surface area contributed by atoms with E-state index in [4.69, 9.17) is 4.74 Å². The first kappa shape index (κ1) is 23.8. The van der Waals surface area contributed by atoms with E-state index < -0.39 is 17.6 Å². The molecule has 0 atom stereocenters. The van der Waals surface area contributed by atoms with Crippen molar-refractivity contribution in [2.75, 3.05) is 57.3 Å². The maximum atomic E-state index is 14.1. The predicted molar refractivity (Wildman–Crippen MR) is 111 cm³/mol. The Morgan fingerprint density at radius 3 is 2.35 bits per heavy atom. The zero-order chi connectivity index (χ0) is 22.4. The fourth-order valence-corrected chi connectivity index (χ4v) is 3.87. The minimum Gasteiger partial charge on any atom is -0.365 e. The molecule has 5 nitrogen and oxygen atoms in total. The molecule has 0 spiro atoms. The molecule has 3 heterocycles. The summed E-state index contributed by atoms with van der Waals surface area (Å²) in [6.45, 7) is 10.7. The third-order valence-corrected chi connectivity index (χ3v) is 5.85. The van der Waals surface area contributed by atoms with Crippen LogP contribution in [0.3, 0.4) is 0 Å². The van der Waals surface area contributed by atoms with Crippen LogP contribution in [0.15, 0.2) is 12.3 Å². The fraction of sp³-hybridized carbons (Fsp3) is 0.682. The second kappa shape index (κ2) is 10.6. The second-order valence-electron chi connectivity index (χ2n) is 8.28. The van der Waals surface area contributed by atoms with Crippen molar-refractivity contribution < 1.29 is 22.3 Å². The molecule has 0 amide bonds. The minimum atomic E-state index is -4.60. The Bertz CT molecular complexity index is 774. The molecule has 2 aliphatic rings. The van der Waals surface area contributed by atoms with Crippen LogP contribution >= 0.6 is 0 Å². The predicted octanol–water partition coefficient (Wildman–Crippen LogP) is 3.25. The average Bonchev–Trinajstić information content (AvgIpc) is 2.74. The van der Waals surface area contributed by atoms with Gasteiger partial charge < -0.3 is 9.64 Å². The third kappa shape index (κ3) is 6.79. The van der Waals surface area contributed by atoms with Crippen LogP contribution in [0.4, 0.5) is 23.4 Å². The van der Waals surface area contributed by atoms with Gasteiger partial charge in [-0.2, -0.15) is 13.2 Å². The number of hydrogen-bond donors (Lipinski definition) is 0. The number of pyridine rings is 1. The molecule has 172 valence electrons. The first-order chi connectivity index (χ1) is 14.7. The SMILES string of the molecule is CC(C)N1CCN(CC#CCOC2CCN(c3ncc(C(F)(F)F)cc3F)CC2)CC1. The molecular weight excluding hydrogens is 412 g/mol. The summed E-state index contributed by atoms with van der Waals surface area (Å²) >= 11 is 0. The van der Waals surface area contributed by atoms with Crippen LogP contribution in [0.5, 0.6) is 0 Å². The summed E-state index contributed by atoms with van der Waals surface area (Å²) in [5.74, 6) is 5.25. The van der Waals surface area contributed by atoms with E-state index in [0.717, 1.165) is 32.7 Å². The van der Waals surface area contributed by atoms with Gasteiger partial charge in [-0.05, 0) is 32.8 Å². The Kier molecular flexibility index (Phi) is 8.14. The van der Waals surface area contributed by atoms with Gasteiger partial charge >= 0.3 is 6.18 Å². The first-order valence-electron chi connectivity index (χ1n) is 10.8. The Morgan fingerprint density at radius 1 is 1.10 bits per heavy atom. The van der Waals surface area contributed by atoms with Crippen molar-refractivity contribution >= 4 is 5.82 Å².